The van der Waals surface area contributed by atoms with E-state index in [4.69, 9.17) is 4.98 Å². The van der Waals surface area contributed by atoms with Gasteiger partial charge in [0.2, 0.25) is 5.91 Å². The van der Waals surface area contributed by atoms with Crippen molar-refractivity contribution < 1.29 is 9.18 Å². The largest absolute Gasteiger partial charge is 0.368 e. The van der Waals surface area contributed by atoms with Crippen molar-refractivity contribution in [3.8, 4) is 0 Å². The van der Waals surface area contributed by atoms with Gasteiger partial charge < -0.3 is 9.80 Å². The highest BCUT2D eigenvalue weighted by atomic mass is 32.2. The van der Waals surface area contributed by atoms with Gasteiger partial charge in [-0.1, -0.05) is 50.1 Å². The van der Waals surface area contributed by atoms with Crippen LogP contribution in [0.25, 0.3) is 10.9 Å². The molecule has 1 fully saturated rings. The third-order valence-electron chi connectivity index (χ3n) is 6.21. The van der Waals surface area contributed by atoms with Crippen LogP contribution in [0, 0.1) is 5.82 Å². The lowest BCUT2D eigenvalue weighted by molar-refractivity contribution is -0.128. The normalized spacial score (nSPS) is 14.1. The molecule has 4 rings (SSSR count). The first-order chi connectivity index (χ1) is 16.6. The van der Waals surface area contributed by atoms with Crippen LogP contribution in [-0.2, 0) is 11.3 Å². The summed E-state index contributed by atoms with van der Waals surface area (Å²) in [6.07, 6.45) is 4.26. The van der Waals surface area contributed by atoms with Crippen molar-refractivity contribution in [3.63, 3.8) is 0 Å². The highest BCUT2D eigenvalue weighted by molar-refractivity contribution is 7.99. The lowest BCUT2D eigenvalue weighted by Gasteiger charge is -2.36. The lowest BCUT2D eigenvalue weighted by Crippen LogP contribution is -2.49. The van der Waals surface area contributed by atoms with Gasteiger partial charge in [0.15, 0.2) is 5.16 Å². The van der Waals surface area contributed by atoms with Crippen LogP contribution in [-0.4, -0.2) is 52.3 Å². The molecule has 0 spiro atoms. The number of fused-ring (bicyclic) bond motifs is 1. The Bertz CT molecular complexity index is 1170. The van der Waals surface area contributed by atoms with E-state index in [9.17, 15) is 14.0 Å². The van der Waals surface area contributed by atoms with E-state index in [-0.39, 0.29) is 23.0 Å². The number of para-hydroxylation sites is 1. The molecule has 0 bridgehead atoms. The minimum absolute atomic E-state index is 0.0371. The monoisotopic (exact) mass is 482 g/mol. The molecule has 0 atom stereocenters. The number of halogens is 1. The second kappa shape index (κ2) is 11.5. The van der Waals surface area contributed by atoms with Crippen LogP contribution in [0.2, 0.25) is 0 Å². The molecule has 3 aromatic rings. The summed E-state index contributed by atoms with van der Waals surface area (Å²) in [5.74, 6) is 0.0421. The van der Waals surface area contributed by atoms with E-state index in [1.807, 2.05) is 29.2 Å². The van der Waals surface area contributed by atoms with Gasteiger partial charge in [-0.2, -0.15) is 0 Å². The summed E-state index contributed by atoms with van der Waals surface area (Å²) in [5.41, 5.74) is 1.60. The fourth-order valence-corrected chi connectivity index (χ4v) is 5.16. The van der Waals surface area contributed by atoms with Gasteiger partial charge in [0.25, 0.3) is 5.56 Å². The maximum absolute atomic E-state index is 13.2. The van der Waals surface area contributed by atoms with Crippen molar-refractivity contribution in [1.82, 2.24) is 14.5 Å². The highest BCUT2D eigenvalue weighted by Gasteiger charge is 2.22. The number of anilines is 1. The number of nitrogens with zero attached hydrogens (tertiary/aromatic N) is 4. The average molecular weight is 483 g/mol. The molecule has 0 N–H and O–H groups in total. The van der Waals surface area contributed by atoms with Gasteiger partial charge in [-0.25, -0.2) is 9.37 Å². The minimum Gasteiger partial charge on any atom is -0.368 e. The summed E-state index contributed by atoms with van der Waals surface area (Å²) in [7, 11) is 0. The Morgan fingerprint density at radius 3 is 2.47 bits per heavy atom. The number of aromatic nitrogens is 2. The molecule has 1 aromatic heterocycles. The lowest BCUT2D eigenvalue weighted by atomic mass is 10.2. The zero-order chi connectivity index (χ0) is 23.9. The zero-order valence-electron chi connectivity index (χ0n) is 19.6. The summed E-state index contributed by atoms with van der Waals surface area (Å²) in [4.78, 5) is 34.8. The molecule has 6 nitrogen and oxygen atoms in total. The van der Waals surface area contributed by atoms with E-state index in [2.05, 4.69) is 11.8 Å². The quantitative estimate of drug-likeness (QED) is 0.254. The number of benzene rings is 2. The first kappa shape index (κ1) is 24.3. The number of unbranched alkanes of at least 4 members (excludes halogenated alkanes) is 3. The highest BCUT2D eigenvalue weighted by Crippen LogP contribution is 2.21. The molecule has 1 amide bonds. The number of rotatable bonds is 9. The predicted molar refractivity (Wildman–Crippen MR) is 136 cm³/mol. The van der Waals surface area contributed by atoms with Crippen LogP contribution >= 0.6 is 11.8 Å². The third kappa shape index (κ3) is 5.78. The second-order valence-corrected chi connectivity index (χ2v) is 9.50. The van der Waals surface area contributed by atoms with Crippen LogP contribution in [0.1, 0.15) is 32.6 Å². The fourth-order valence-electron chi connectivity index (χ4n) is 4.24. The smallest absolute Gasteiger partial charge is 0.262 e. The third-order valence-corrected chi connectivity index (χ3v) is 7.17. The fraction of sp³-hybridized carbons (Fsp3) is 0.423. The topological polar surface area (TPSA) is 58.4 Å². The number of carbonyl (C=O) groups excluding carboxylic acids is 1. The summed E-state index contributed by atoms with van der Waals surface area (Å²) in [5, 5.41) is 1.23. The zero-order valence-corrected chi connectivity index (χ0v) is 20.4. The molecule has 2 heterocycles. The molecule has 1 aliphatic rings. The van der Waals surface area contributed by atoms with E-state index in [1.165, 1.54) is 23.9 Å². The maximum atomic E-state index is 13.2. The van der Waals surface area contributed by atoms with Gasteiger partial charge in [0.05, 0.1) is 16.7 Å². The van der Waals surface area contributed by atoms with Gasteiger partial charge in [0.1, 0.15) is 5.82 Å². The van der Waals surface area contributed by atoms with Gasteiger partial charge in [-0.15, -0.1) is 0 Å². The second-order valence-electron chi connectivity index (χ2n) is 8.56. The van der Waals surface area contributed by atoms with E-state index in [0.29, 0.717) is 48.8 Å². The first-order valence-corrected chi connectivity index (χ1v) is 13.0. The minimum atomic E-state index is -0.249. The SMILES string of the molecule is CCCCCCn1c(SCC(=O)N2CCN(c3ccc(F)cc3)CC2)nc2ccccc2c1=O. The first-order valence-electron chi connectivity index (χ1n) is 12.0. The molecule has 0 unspecified atom stereocenters. The molecule has 2 aromatic carbocycles. The molecular weight excluding hydrogens is 451 g/mol. The van der Waals surface area contributed by atoms with Crippen LogP contribution in [0.5, 0.6) is 0 Å². The van der Waals surface area contributed by atoms with Gasteiger partial charge >= 0.3 is 0 Å². The Labute approximate surface area is 203 Å². The van der Waals surface area contributed by atoms with Crippen molar-refractivity contribution in [2.75, 3.05) is 36.8 Å². The Kier molecular flexibility index (Phi) is 8.21. The predicted octanol–water partition coefficient (Wildman–Crippen LogP) is 4.56. The van der Waals surface area contributed by atoms with Gasteiger partial charge in [-0.3, -0.25) is 14.2 Å². The number of piperazine rings is 1. The van der Waals surface area contributed by atoms with Crippen LogP contribution in [0.3, 0.4) is 0 Å². The molecule has 0 radical (unpaired) electrons. The van der Waals surface area contributed by atoms with Gasteiger partial charge in [-0.05, 0) is 42.8 Å². The maximum Gasteiger partial charge on any atom is 0.262 e. The Hall–Kier alpha value is -2.87. The molecule has 180 valence electrons. The molecule has 1 saturated heterocycles. The van der Waals surface area contributed by atoms with E-state index in [1.54, 1.807) is 16.7 Å². The number of hydrogen-bond donors (Lipinski definition) is 0. The number of hydrogen-bond acceptors (Lipinski definition) is 5. The molecular formula is C26H31FN4O2S. The summed E-state index contributed by atoms with van der Waals surface area (Å²) >= 11 is 1.35. The molecule has 0 aliphatic carbocycles. The van der Waals surface area contributed by atoms with Crippen LogP contribution in [0.4, 0.5) is 10.1 Å². The summed E-state index contributed by atoms with van der Waals surface area (Å²) in [6.45, 7) is 5.42. The Balaban J connectivity index is 1.40. The molecule has 34 heavy (non-hydrogen) atoms. The van der Waals surface area contributed by atoms with E-state index < -0.39 is 0 Å². The molecule has 8 heteroatoms. The van der Waals surface area contributed by atoms with E-state index in [0.717, 1.165) is 31.4 Å². The Morgan fingerprint density at radius 1 is 1.00 bits per heavy atom. The van der Waals surface area contributed by atoms with Crippen LogP contribution in [0.15, 0.2) is 58.5 Å². The van der Waals surface area contributed by atoms with Gasteiger partial charge in [0, 0.05) is 38.4 Å². The van der Waals surface area contributed by atoms with Crippen molar-refractivity contribution >= 4 is 34.3 Å². The standard InChI is InChI=1S/C26H31FN4O2S/c1-2-3-4-7-14-31-25(33)22-8-5-6-9-23(22)28-26(31)34-19-24(32)30-17-15-29(16-18-30)21-12-10-20(27)11-13-21/h5-6,8-13H,2-4,7,14-19H2,1H3. The Morgan fingerprint density at radius 2 is 1.74 bits per heavy atom. The van der Waals surface area contributed by atoms with Crippen LogP contribution < -0.4 is 10.5 Å². The van der Waals surface area contributed by atoms with Crippen molar-refractivity contribution in [2.45, 2.75) is 44.3 Å². The average Bonchev–Trinajstić information content (AvgIpc) is 2.87. The molecule has 0 saturated carbocycles. The van der Waals surface area contributed by atoms with Crippen molar-refractivity contribution in [1.29, 1.82) is 0 Å². The summed E-state index contributed by atoms with van der Waals surface area (Å²) in [6, 6.07) is 13.9. The molecule has 1 aliphatic heterocycles. The number of thioether (sulfide) groups is 1. The van der Waals surface area contributed by atoms with Crippen molar-refractivity contribution in [2.24, 2.45) is 0 Å². The summed E-state index contributed by atoms with van der Waals surface area (Å²) < 4.78 is 14.9. The van der Waals surface area contributed by atoms with E-state index >= 15 is 0 Å². The van der Waals surface area contributed by atoms with Crippen molar-refractivity contribution in [3.05, 3.63) is 64.7 Å². The number of carbonyl (C=O) groups is 1. The number of amides is 1.